The molecule has 0 unspecified atom stereocenters. The van der Waals surface area contributed by atoms with Gasteiger partial charge in [0, 0.05) is 17.3 Å². The Hall–Kier alpha value is -2.64. The van der Waals surface area contributed by atoms with Crippen molar-refractivity contribution in [3.8, 4) is 0 Å². The van der Waals surface area contributed by atoms with E-state index in [1.807, 2.05) is 36.6 Å². The highest BCUT2D eigenvalue weighted by molar-refractivity contribution is 7.98. The van der Waals surface area contributed by atoms with E-state index in [1.165, 1.54) is 17.6 Å². The Kier molecular flexibility index (Phi) is 4.73. The molecule has 0 radical (unpaired) electrons. The molecule has 1 amide bonds. The van der Waals surface area contributed by atoms with Crippen molar-refractivity contribution in [3.63, 3.8) is 0 Å². The van der Waals surface area contributed by atoms with Crippen molar-refractivity contribution in [2.45, 2.75) is 11.4 Å². The Bertz CT molecular complexity index is 1030. The highest BCUT2D eigenvalue weighted by Crippen LogP contribution is 2.35. The van der Waals surface area contributed by atoms with Crippen LogP contribution >= 0.6 is 23.1 Å². The number of amides is 1. The number of carbonyl (C=O) groups excluding carboxylic acids is 1. The predicted octanol–water partition coefficient (Wildman–Crippen LogP) is 4.85. The second-order valence-electron chi connectivity index (χ2n) is 5.53. The van der Waals surface area contributed by atoms with Crippen LogP contribution in [0.25, 0.3) is 10.2 Å². The number of hydrogen-bond acceptors (Lipinski definition) is 6. The van der Waals surface area contributed by atoms with Crippen LogP contribution in [0.15, 0.2) is 70.4 Å². The summed E-state index contributed by atoms with van der Waals surface area (Å²) in [6, 6.07) is 13.2. The summed E-state index contributed by atoms with van der Waals surface area (Å²) in [6.07, 6.45) is 6.99. The van der Waals surface area contributed by atoms with Gasteiger partial charge in [-0.1, -0.05) is 23.5 Å². The van der Waals surface area contributed by atoms with Gasteiger partial charge in [-0.25, -0.2) is 4.98 Å². The normalized spacial score (nSPS) is 11.0. The van der Waals surface area contributed by atoms with Crippen LogP contribution in [0.3, 0.4) is 0 Å². The number of aromatic nitrogens is 2. The number of para-hydroxylation sites is 1. The van der Waals surface area contributed by atoms with Gasteiger partial charge < -0.3 is 4.42 Å². The molecule has 0 fully saturated rings. The number of rotatable bonds is 5. The molecule has 0 atom stereocenters. The lowest BCUT2D eigenvalue weighted by Gasteiger charge is -2.18. The van der Waals surface area contributed by atoms with E-state index in [0.29, 0.717) is 17.4 Å². The zero-order valence-electron chi connectivity index (χ0n) is 14.0. The number of thiazole rings is 1. The molecule has 0 bridgehead atoms. The summed E-state index contributed by atoms with van der Waals surface area (Å²) in [5, 5.41) is 0.645. The smallest absolute Gasteiger partial charge is 0.296 e. The van der Waals surface area contributed by atoms with Crippen molar-refractivity contribution in [1.82, 2.24) is 9.97 Å². The third kappa shape index (κ3) is 3.23. The first-order chi connectivity index (χ1) is 12.8. The van der Waals surface area contributed by atoms with Crippen LogP contribution in [-0.2, 0) is 6.54 Å². The fourth-order valence-corrected chi connectivity index (χ4v) is 4.24. The van der Waals surface area contributed by atoms with E-state index in [1.54, 1.807) is 41.2 Å². The number of thioether (sulfide) groups is 1. The second kappa shape index (κ2) is 7.31. The lowest BCUT2D eigenvalue weighted by atomic mass is 10.2. The molecule has 0 saturated heterocycles. The number of hydrogen-bond donors (Lipinski definition) is 0. The summed E-state index contributed by atoms with van der Waals surface area (Å²) in [6.45, 7) is 0.377. The molecule has 0 saturated carbocycles. The minimum Gasteiger partial charge on any atom is -0.459 e. The minimum atomic E-state index is -0.219. The summed E-state index contributed by atoms with van der Waals surface area (Å²) in [7, 11) is 0. The molecule has 1 aromatic carbocycles. The van der Waals surface area contributed by atoms with Gasteiger partial charge in [0.1, 0.15) is 0 Å². The van der Waals surface area contributed by atoms with Crippen molar-refractivity contribution in [2.75, 3.05) is 11.2 Å². The Balaban J connectivity index is 1.78. The minimum absolute atomic E-state index is 0.219. The Morgan fingerprint density at radius 3 is 2.88 bits per heavy atom. The fourth-order valence-electron chi connectivity index (χ4n) is 2.63. The molecule has 130 valence electrons. The molecule has 0 aliphatic rings. The van der Waals surface area contributed by atoms with E-state index in [2.05, 4.69) is 4.98 Å². The van der Waals surface area contributed by atoms with Gasteiger partial charge in [-0.15, -0.1) is 11.8 Å². The van der Waals surface area contributed by atoms with Gasteiger partial charge in [0.25, 0.3) is 5.91 Å². The molecule has 26 heavy (non-hydrogen) atoms. The lowest BCUT2D eigenvalue weighted by molar-refractivity contribution is 0.0958. The van der Waals surface area contributed by atoms with Gasteiger partial charge in [0.15, 0.2) is 10.9 Å². The van der Waals surface area contributed by atoms with Gasteiger partial charge in [0.05, 0.1) is 23.0 Å². The zero-order chi connectivity index (χ0) is 17.9. The average molecular weight is 381 g/mol. The second-order valence-corrected chi connectivity index (χ2v) is 7.39. The molecular formula is C19H15N3O2S2. The van der Waals surface area contributed by atoms with Crippen molar-refractivity contribution in [1.29, 1.82) is 0 Å². The summed E-state index contributed by atoms with van der Waals surface area (Å²) < 4.78 is 6.37. The van der Waals surface area contributed by atoms with E-state index < -0.39 is 0 Å². The van der Waals surface area contributed by atoms with Crippen LogP contribution in [-0.4, -0.2) is 22.1 Å². The molecule has 0 spiro atoms. The van der Waals surface area contributed by atoms with Gasteiger partial charge in [-0.05, 0) is 42.2 Å². The van der Waals surface area contributed by atoms with E-state index >= 15 is 0 Å². The summed E-state index contributed by atoms with van der Waals surface area (Å²) in [5.74, 6) is 0.0712. The standard InChI is InChI=1S/C19H15N3O2S2/c1-25-15-7-2-8-16-17(15)21-19(26-16)22(12-13-5-3-9-20-11-13)18(23)14-6-4-10-24-14/h2-11H,12H2,1H3. The lowest BCUT2D eigenvalue weighted by Crippen LogP contribution is -2.30. The van der Waals surface area contributed by atoms with Gasteiger partial charge in [0.2, 0.25) is 0 Å². The van der Waals surface area contributed by atoms with Crippen LogP contribution in [0, 0.1) is 0 Å². The quantitative estimate of drug-likeness (QED) is 0.462. The van der Waals surface area contributed by atoms with Gasteiger partial charge in [-0.3, -0.25) is 14.7 Å². The first kappa shape index (κ1) is 16.8. The molecule has 3 aromatic heterocycles. The SMILES string of the molecule is CSc1cccc2sc(N(Cc3cccnc3)C(=O)c3ccco3)nc12. The van der Waals surface area contributed by atoms with Crippen LogP contribution in [0.4, 0.5) is 5.13 Å². The maximum atomic E-state index is 13.0. The number of anilines is 1. The molecule has 0 aliphatic carbocycles. The third-order valence-corrected chi connectivity index (χ3v) is 5.67. The molecule has 4 aromatic rings. The number of fused-ring (bicyclic) bond motifs is 1. The summed E-state index contributed by atoms with van der Waals surface area (Å²) in [4.78, 5) is 24.6. The van der Waals surface area contributed by atoms with Crippen LogP contribution in [0.2, 0.25) is 0 Å². The first-order valence-electron chi connectivity index (χ1n) is 7.94. The van der Waals surface area contributed by atoms with Crippen molar-refractivity contribution in [2.24, 2.45) is 0 Å². The number of benzene rings is 1. The van der Waals surface area contributed by atoms with E-state index in [9.17, 15) is 4.79 Å². The highest BCUT2D eigenvalue weighted by atomic mass is 32.2. The Labute approximate surface area is 158 Å². The summed E-state index contributed by atoms with van der Waals surface area (Å²) in [5.41, 5.74) is 1.85. The number of carbonyl (C=O) groups is 1. The van der Waals surface area contributed by atoms with E-state index in [0.717, 1.165) is 20.7 Å². The van der Waals surface area contributed by atoms with Gasteiger partial charge >= 0.3 is 0 Å². The number of pyridine rings is 1. The van der Waals surface area contributed by atoms with Crippen molar-refractivity contribution in [3.05, 3.63) is 72.4 Å². The predicted molar refractivity (Wildman–Crippen MR) is 105 cm³/mol. The fraction of sp³-hybridized carbons (Fsp3) is 0.105. The zero-order valence-corrected chi connectivity index (χ0v) is 15.6. The van der Waals surface area contributed by atoms with Crippen LogP contribution in [0.5, 0.6) is 0 Å². The molecule has 0 aliphatic heterocycles. The molecule has 3 heterocycles. The van der Waals surface area contributed by atoms with Crippen molar-refractivity contribution < 1.29 is 9.21 Å². The van der Waals surface area contributed by atoms with Crippen LogP contribution in [0.1, 0.15) is 16.1 Å². The number of furan rings is 1. The molecule has 0 N–H and O–H groups in total. The monoisotopic (exact) mass is 381 g/mol. The maximum Gasteiger partial charge on any atom is 0.296 e. The average Bonchev–Trinajstić information content (AvgIpc) is 3.35. The molecular weight excluding hydrogens is 366 g/mol. The Morgan fingerprint density at radius 1 is 1.23 bits per heavy atom. The number of nitrogens with zero attached hydrogens (tertiary/aromatic N) is 3. The largest absolute Gasteiger partial charge is 0.459 e. The molecule has 5 nitrogen and oxygen atoms in total. The third-order valence-electron chi connectivity index (χ3n) is 3.86. The first-order valence-corrected chi connectivity index (χ1v) is 9.98. The van der Waals surface area contributed by atoms with Crippen LogP contribution < -0.4 is 4.90 Å². The van der Waals surface area contributed by atoms with Crippen molar-refractivity contribution >= 4 is 44.4 Å². The maximum absolute atomic E-state index is 13.0. The summed E-state index contributed by atoms with van der Waals surface area (Å²) >= 11 is 3.14. The Morgan fingerprint density at radius 2 is 2.15 bits per heavy atom. The highest BCUT2D eigenvalue weighted by Gasteiger charge is 2.24. The van der Waals surface area contributed by atoms with E-state index in [4.69, 9.17) is 9.40 Å². The molecule has 4 rings (SSSR count). The van der Waals surface area contributed by atoms with E-state index in [-0.39, 0.29) is 5.91 Å². The topological polar surface area (TPSA) is 59.2 Å². The molecule has 7 heteroatoms. The van der Waals surface area contributed by atoms with Gasteiger partial charge in [-0.2, -0.15) is 0 Å².